The molecule has 0 aliphatic heterocycles. The smallest absolute Gasteiger partial charge is 0.269 e. The molecule has 0 radical (unpaired) electrons. The number of hydrogen-bond donors (Lipinski definition) is 2. The number of ether oxygens (including phenoxy) is 1. The number of nitro groups is 1. The molecule has 2 rings (SSSR count). The number of nitro benzene ring substituents is 1. The zero-order valence-corrected chi connectivity index (χ0v) is 14.8. The van der Waals surface area contributed by atoms with Gasteiger partial charge in [-0.25, -0.2) is 0 Å². The van der Waals surface area contributed by atoms with Crippen LogP contribution >= 0.6 is 0 Å². The highest BCUT2D eigenvalue weighted by molar-refractivity contribution is 5.95. The van der Waals surface area contributed by atoms with E-state index >= 15 is 0 Å². The minimum atomic E-state index is -0.992. The average molecular weight is 372 g/mol. The molecule has 2 aromatic rings. The van der Waals surface area contributed by atoms with E-state index in [1.807, 2.05) is 0 Å². The number of amides is 1. The Kier molecular flexibility index (Phi) is 7.01. The molecule has 0 aliphatic carbocycles. The van der Waals surface area contributed by atoms with Crippen LogP contribution in [-0.2, 0) is 4.79 Å². The SMILES string of the molecule is CCC(=O)c1ccc(OCC(=O)NC[C@H](O)c2ccc([N+](=O)[O-])cc2)cc1. The summed E-state index contributed by atoms with van der Waals surface area (Å²) in [4.78, 5) is 33.5. The number of aliphatic hydroxyl groups is 1. The Balaban J connectivity index is 1.78. The zero-order valence-electron chi connectivity index (χ0n) is 14.8. The predicted octanol–water partition coefficient (Wildman–Crippen LogP) is 2.42. The number of non-ortho nitro benzene ring substituents is 1. The molecular formula is C19H20N2O6. The van der Waals surface area contributed by atoms with E-state index in [9.17, 15) is 24.8 Å². The summed E-state index contributed by atoms with van der Waals surface area (Å²) >= 11 is 0. The number of hydrogen-bond acceptors (Lipinski definition) is 6. The molecular weight excluding hydrogens is 352 g/mol. The van der Waals surface area contributed by atoms with E-state index in [0.29, 0.717) is 23.3 Å². The van der Waals surface area contributed by atoms with Gasteiger partial charge in [0.25, 0.3) is 11.6 Å². The van der Waals surface area contributed by atoms with E-state index in [1.165, 1.54) is 24.3 Å². The first kappa shape index (κ1) is 20.1. The predicted molar refractivity (Wildman–Crippen MR) is 97.6 cm³/mol. The molecule has 2 N–H and O–H groups in total. The topological polar surface area (TPSA) is 119 Å². The lowest BCUT2D eigenvalue weighted by atomic mass is 10.1. The van der Waals surface area contributed by atoms with Crippen LogP contribution in [0, 0.1) is 10.1 Å². The Labute approximate surface area is 155 Å². The van der Waals surface area contributed by atoms with Crippen LogP contribution in [0.1, 0.15) is 35.4 Å². The van der Waals surface area contributed by atoms with Crippen molar-refractivity contribution >= 4 is 17.4 Å². The van der Waals surface area contributed by atoms with Gasteiger partial charge >= 0.3 is 0 Å². The lowest BCUT2D eigenvalue weighted by molar-refractivity contribution is -0.384. The van der Waals surface area contributed by atoms with Gasteiger partial charge in [0.15, 0.2) is 12.4 Å². The Morgan fingerprint density at radius 1 is 1.15 bits per heavy atom. The van der Waals surface area contributed by atoms with Crippen molar-refractivity contribution in [2.24, 2.45) is 0 Å². The lowest BCUT2D eigenvalue weighted by Crippen LogP contribution is -2.32. The second-order valence-electron chi connectivity index (χ2n) is 5.76. The normalized spacial score (nSPS) is 11.5. The van der Waals surface area contributed by atoms with E-state index in [2.05, 4.69) is 5.32 Å². The van der Waals surface area contributed by atoms with Crippen LogP contribution in [0.25, 0.3) is 0 Å². The van der Waals surface area contributed by atoms with Crippen molar-refractivity contribution in [1.29, 1.82) is 0 Å². The number of ketones is 1. The summed E-state index contributed by atoms with van der Waals surface area (Å²) in [5, 5.41) is 23.2. The molecule has 0 saturated carbocycles. The summed E-state index contributed by atoms with van der Waals surface area (Å²) in [6, 6.07) is 11.9. The minimum Gasteiger partial charge on any atom is -0.484 e. The first-order valence-corrected chi connectivity index (χ1v) is 8.36. The summed E-state index contributed by atoms with van der Waals surface area (Å²) in [6.45, 7) is 1.49. The third kappa shape index (κ3) is 5.89. The van der Waals surface area contributed by atoms with Crippen LogP contribution < -0.4 is 10.1 Å². The molecule has 0 saturated heterocycles. The van der Waals surface area contributed by atoms with Crippen molar-refractivity contribution in [1.82, 2.24) is 5.32 Å². The van der Waals surface area contributed by atoms with Gasteiger partial charge in [0.1, 0.15) is 5.75 Å². The van der Waals surface area contributed by atoms with Gasteiger partial charge in [0.05, 0.1) is 11.0 Å². The average Bonchev–Trinajstić information content (AvgIpc) is 2.70. The third-order valence-corrected chi connectivity index (χ3v) is 3.85. The monoisotopic (exact) mass is 372 g/mol. The summed E-state index contributed by atoms with van der Waals surface area (Å²) in [5.41, 5.74) is 0.966. The molecule has 0 bridgehead atoms. The van der Waals surface area contributed by atoms with Gasteiger partial charge in [-0.1, -0.05) is 6.92 Å². The highest BCUT2D eigenvalue weighted by Crippen LogP contribution is 2.17. The van der Waals surface area contributed by atoms with Crippen LogP contribution in [0.3, 0.4) is 0 Å². The first-order valence-electron chi connectivity index (χ1n) is 8.36. The highest BCUT2D eigenvalue weighted by atomic mass is 16.6. The summed E-state index contributed by atoms with van der Waals surface area (Å²) in [5.74, 6) is 0.0536. The summed E-state index contributed by atoms with van der Waals surface area (Å²) in [6.07, 6.45) is -0.575. The van der Waals surface area contributed by atoms with Gasteiger partial charge < -0.3 is 15.2 Å². The van der Waals surface area contributed by atoms with Crippen molar-refractivity contribution in [3.05, 3.63) is 69.8 Å². The molecule has 0 spiro atoms. The molecule has 0 fully saturated rings. The molecule has 0 aliphatic rings. The standard InChI is InChI=1S/C19H20N2O6/c1-2-17(22)13-5-9-16(10-6-13)27-12-19(24)20-11-18(23)14-3-7-15(8-4-14)21(25)26/h3-10,18,23H,2,11-12H2,1H3,(H,20,24)/t18-/m0/s1. The number of carbonyl (C=O) groups excluding carboxylic acids is 2. The van der Waals surface area contributed by atoms with Crippen molar-refractivity contribution in [3.8, 4) is 5.75 Å². The van der Waals surface area contributed by atoms with Crippen molar-refractivity contribution in [2.45, 2.75) is 19.4 Å². The van der Waals surface area contributed by atoms with Gasteiger partial charge in [-0.2, -0.15) is 0 Å². The Bertz CT molecular complexity index is 802. The van der Waals surface area contributed by atoms with Gasteiger partial charge in [0, 0.05) is 30.7 Å². The molecule has 0 heterocycles. The maximum Gasteiger partial charge on any atom is 0.269 e. The quantitative estimate of drug-likeness (QED) is 0.396. The maximum absolute atomic E-state index is 11.8. The second kappa shape index (κ2) is 9.44. The fraction of sp³-hybridized carbons (Fsp3) is 0.263. The van der Waals surface area contributed by atoms with Gasteiger partial charge in [-0.3, -0.25) is 19.7 Å². The van der Waals surface area contributed by atoms with Crippen LogP contribution in [0.4, 0.5) is 5.69 Å². The van der Waals surface area contributed by atoms with Crippen molar-refractivity contribution in [3.63, 3.8) is 0 Å². The molecule has 8 nitrogen and oxygen atoms in total. The van der Waals surface area contributed by atoms with E-state index in [-0.39, 0.29) is 24.6 Å². The van der Waals surface area contributed by atoms with E-state index < -0.39 is 16.9 Å². The van der Waals surface area contributed by atoms with Crippen LogP contribution in [0.5, 0.6) is 5.75 Å². The molecule has 1 atom stereocenters. The highest BCUT2D eigenvalue weighted by Gasteiger charge is 2.12. The first-order chi connectivity index (χ1) is 12.9. The fourth-order valence-electron chi connectivity index (χ4n) is 2.29. The number of nitrogens with one attached hydrogen (secondary N) is 1. The number of carbonyl (C=O) groups is 2. The Morgan fingerprint density at radius 2 is 1.78 bits per heavy atom. The molecule has 27 heavy (non-hydrogen) atoms. The number of rotatable bonds is 9. The van der Waals surface area contributed by atoms with Crippen molar-refractivity contribution < 1.29 is 24.4 Å². The molecule has 0 unspecified atom stereocenters. The molecule has 2 aromatic carbocycles. The van der Waals surface area contributed by atoms with E-state index in [4.69, 9.17) is 4.74 Å². The number of Topliss-reactive ketones (excluding diaryl/α,β-unsaturated/α-hetero) is 1. The van der Waals surface area contributed by atoms with Crippen LogP contribution in [0.2, 0.25) is 0 Å². The molecule has 8 heteroatoms. The second-order valence-corrected chi connectivity index (χ2v) is 5.76. The summed E-state index contributed by atoms with van der Waals surface area (Å²) in [7, 11) is 0. The zero-order chi connectivity index (χ0) is 19.8. The van der Waals surface area contributed by atoms with E-state index in [1.54, 1.807) is 31.2 Å². The molecule has 142 valence electrons. The Hall–Kier alpha value is -3.26. The van der Waals surface area contributed by atoms with Crippen LogP contribution in [0.15, 0.2) is 48.5 Å². The largest absolute Gasteiger partial charge is 0.484 e. The van der Waals surface area contributed by atoms with Gasteiger partial charge in [0.2, 0.25) is 0 Å². The molecule has 1 amide bonds. The van der Waals surface area contributed by atoms with Gasteiger partial charge in [-0.05, 0) is 42.0 Å². The fourth-order valence-corrected chi connectivity index (χ4v) is 2.29. The minimum absolute atomic E-state index is 0.0273. The van der Waals surface area contributed by atoms with Gasteiger partial charge in [-0.15, -0.1) is 0 Å². The third-order valence-electron chi connectivity index (χ3n) is 3.85. The Morgan fingerprint density at radius 3 is 2.33 bits per heavy atom. The number of benzene rings is 2. The van der Waals surface area contributed by atoms with Crippen molar-refractivity contribution in [2.75, 3.05) is 13.2 Å². The molecule has 0 aromatic heterocycles. The van der Waals surface area contributed by atoms with E-state index in [0.717, 1.165) is 0 Å². The number of aliphatic hydroxyl groups excluding tert-OH is 1. The van der Waals surface area contributed by atoms with Crippen LogP contribution in [-0.4, -0.2) is 34.9 Å². The lowest BCUT2D eigenvalue weighted by Gasteiger charge is -2.12. The number of nitrogens with zero attached hydrogens (tertiary/aromatic N) is 1. The maximum atomic E-state index is 11.8. The summed E-state index contributed by atoms with van der Waals surface area (Å²) < 4.78 is 5.34.